The smallest absolute Gasteiger partial charge is 0.250 e. The molecule has 0 spiro atoms. The Morgan fingerprint density at radius 3 is 2.89 bits per heavy atom. The summed E-state index contributed by atoms with van der Waals surface area (Å²) in [6, 6.07) is 9.91. The van der Waals surface area contributed by atoms with Gasteiger partial charge in [0.2, 0.25) is 0 Å². The Morgan fingerprint density at radius 2 is 2.11 bits per heavy atom. The zero-order valence-electron chi connectivity index (χ0n) is 9.98. The second-order valence-electron chi connectivity index (χ2n) is 4.40. The lowest BCUT2D eigenvalue weighted by molar-refractivity contribution is 0.265. The first-order chi connectivity index (χ1) is 8.90. The van der Waals surface area contributed by atoms with Crippen molar-refractivity contribution < 1.29 is 5.11 Å². The van der Waals surface area contributed by atoms with E-state index in [9.17, 15) is 5.11 Å². The summed E-state index contributed by atoms with van der Waals surface area (Å²) in [7, 11) is 0. The van der Waals surface area contributed by atoms with Crippen LogP contribution in [-0.2, 0) is 0 Å². The molecule has 1 aliphatic rings. The van der Waals surface area contributed by atoms with Gasteiger partial charge < -0.3 is 10.0 Å². The molecule has 1 unspecified atom stereocenters. The maximum Gasteiger partial charge on any atom is 0.250 e. The Kier molecular flexibility index (Phi) is 2.93. The maximum atomic E-state index is 9.38. The number of rotatable bonds is 3. The number of anilines is 1. The zero-order valence-corrected chi connectivity index (χ0v) is 9.98. The van der Waals surface area contributed by atoms with Gasteiger partial charge in [-0.3, -0.25) is 0 Å². The second-order valence-corrected chi connectivity index (χ2v) is 4.40. The van der Waals surface area contributed by atoms with Gasteiger partial charge in [-0.2, -0.15) is 4.68 Å². The van der Waals surface area contributed by atoms with Gasteiger partial charge in [-0.15, -0.1) is 0 Å². The standard InChI is InChI=1S/C12H15N5O/c18-9-11-7-4-8-16(11)12-13-14-15-17(12)10-5-2-1-3-6-10/h1-3,5-6,11,18H,4,7-9H2. The van der Waals surface area contributed by atoms with Crippen LogP contribution in [-0.4, -0.2) is 44.5 Å². The molecule has 1 aromatic heterocycles. The fourth-order valence-electron chi connectivity index (χ4n) is 2.39. The van der Waals surface area contributed by atoms with E-state index in [0.29, 0.717) is 5.95 Å². The molecule has 2 aromatic rings. The highest BCUT2D eigenvalue weighted by Gasteiger charge is 2.28. The number of hydrogen-bond acceptors (Lipinski definition) is 5. The Balaban J connectivity index is 1.97. The average molecular weight is 245 g/mol. The highest BCUT2D eigenvalue weighted by Crippen LogP contribution is 2.24. The number of tetrazole rings is 1. The van der Waals surface area contributed by atoms with E-state index in [1.807, 2.05) is 30.3 Å². The van der Waals surface area contributed by atoms with Crippen LogP contribution in [0.25, 0.3) is 5.69 Å². The first-order valence-corrected chi connectivity index (χ1v) is 6.11. The minimum Gasteiger partial charge on any atom is -0.394 e. The van der Waals surface area contributed by atoms with E-state index in [1.54, 1.807) is 4.68 Å². The molecule has 0 bridgehead atoms. The number of aliphatic hydroxyl groups excluding tert-OH is 1. The third-order valence-corrected chi connectivity index (χ3v) is 3.30. The minimum atomic E-state index is 0.124. The van der Waals surface area contributed by atoms with Crippen molar-refractivity contribution in [1.82, 2.24) is 20.2 Å². The van der Waals surface area contributed by atoms with Crippen LogP contribution >= 0.6 is 0 Å². The monoisotopic (exact) mass is 245 g/mol. The van der Waals surface area contributed by atoms with Gasteiger partial charge >= 0.3 is 0 Å². The van der Waals surface area contributed by atoms with Crippen molar-refractivity contribution in [1.29, 1.82) is 0 Å². The Bertz CT molecular complexity index is 512. The predicted molar refractivity (Wildman–Crippen MR) is 66.6 cm³/mol. The lowest BCUT2D eigenvalue weighted by atomic mass is 10.2. The number of hydrogen-bond donors (Lipinski definition) is 1. The highest BCUT2D eigenvalue weighted by atomic mass is 16.3. The summed E-state index contributed by atoms with van der Waals surface area (Å²) >= 11 is 0. The molecule has 1 aliphatic heterocycles. The normalized spacial score (nSPS) is 19.4. The summed E-state index contributed by atoms with van der Waals surface area (Å²) < 4.78 is 1.72. The quantitative estimate of drug-likeness (QED) is 0.858. The molecular weight excluding hydrogens is 230 g/mol. The number of para-hydroxylation sites is 1. The van der Waals surface area contributed by atoms with Crippen molar-refractivity contribution in [3.63, 3.8) is 0 Å². The summed E-state index contributed by atoms with van der Waals surface area (Å²) in [5, 5.41) is 21.3. The van der Waals surface area contributed by atoms with Crippen molar-refractivity contribution in [3.05, 3.63) is 30.3 Å². The largest absolute Gasteiger partial charge is 0.394 e. The third kappa shape index (κ3) is 1.84. The Labute approximate surface area is 105 Å². The van der Waals surface area contributed by atoms with Gasteiger partial charge in [-0.05, 0) is 35.4 Å². The van der Waals surface area contributed by atoms with E-state index in [-0.39, 0.29) is 12.6 Å². The summed E-state index contributed by atoms with van der Waals surface area (Å²) in [4.78, 5) is 2.08. The molecule has 1 fully saturated rings. The van der Waals surface area contributed by atoms with Crippen molar-refractivity contribution in [2.45, 2.75) is 18.9 Å². The van der Waals surface area contributed by atoms with Crippen molar-refractivity contribution in [2.75, 3.05) is 18.1 Å². The van der Waals surface area contributed by atoms with Gasteiger partial charge in [0.05, 0.1) is 18.3 Å². The lowest BCUT2D eigenvalue weighted by Crippen LogP contribution is -2.34. The van der Waals surface area contributed by atoms with Gasteiger partial charge in [-0.1, -0.05) is 23.3 Å². The van der Waals surface area contributed by atoms with Crippen LogP contribution in [0.4, 0.5) is 5.95 Å². The Morgan fingerprint density at radius 1 is 1.28 bits per heavy atom. The van der Waals surface area contributed by atoms with Crippen LogP contribution in [0.5, 0.6) is 0 Å². The Hall–Kier alpha value is -1.95. The van der Waals surface area contributed by atoms with Crippen LogP contribution < -0.4 is 4.90 Å². The molecule has 3 rings (SSSR count). The van der Waals surface area contributed by atoms with Crippen molar-refractivity contribution in [2.24, 2.45) is 0 Å². The molecule has 18 heavy (non-hydrogen) atoms. The predicted octanol–water partition coefficient (Wildman–Crippen LogP) is 0.623. The number of aromatic nitrogens is 4. The fourth-order valence-corrected chi connectivity index (χ4v) is 2.39. The van der Waals surface area contributed by atoms with Crippen molar-refractivity contribution in [3.8, 4) is 5.69 Å². The van der Waals surface area contributed by atoms with Gasteiger partial charge in [0.25, 0.3) is 5.95 Å². The molecule has 0 aliphatic carbocycles. The minimum absolute atomic E-state index is 0.124. The molecule has 94 valence electrons. The fraction of sp³-hybridized carbons (Fsp3) is 0.417. The molecule has 0 radical (unpaired) electrons. The SMILES string of the molecule is OCC1CCCN1c1nnnn1-c1ccccc1. The third-order valence-electron chi connectivity index (χ3n) is 3.30. The maximum absolute atomic E-state index is 9.38. The van der Waals surface area contributed by atoms with Crippen LogP contribution in [0.3, 0.4) is 0 Å². The van der Waals surface area contributed by atoms with Gasteiger partial charge in [0.15, 0.2) is 0 Å². The summed E-state index contributed by atoms with van der Waals surface area (Å²) in [5.74, 6) is 0.706. The van der Waals surface area contributed by atoms with E-state index in [0.717, 1.165) is 25.1 Å². The molecule has 1 aromatic carbocycles. The first kappa shape index (κ1) is 11.2. The molecule has 0 saturated carbocycles. The van der Waals surface area contributed by atoms with E-state index >= 15 is 0 Å². The highest BCUT2D eigenvalue weighted by molar-refractivity contribution is 5.42. The van der Waals surface area contributed by atoms with Crippen LogP contribution in [0.1, 0.15) is 12.8 Å². The van der Waals surface area contributed by atoms with Gasteiger partial charge in [-0.25, -0.2) is 0 Å². The summed E-state index contributed by atoms with van der Waals surface area (Å²) in [6.07, 6.45) is 2.05. The zero-order chi connectivity index (χ0) is 12.4. The van der Waals surface area contributed by atoms with E-state index < -0.39 is 0 Å². The topological polar surface area (TPSA) is 67.1 Å². The van der Waals surface area contributed by atoms with Gasteiger partial charge in [0.1, 0.15) is 0 Å². The van der Waals surface area contributed by atoms with Crippen LogP contribution in [0.2, 0.25) is 0 Å². The molecular formula is C12H15N5O. The molecule has 0 amide bonds. The van der Waals surface area contributed by atoms with E-state index in [1.165, 1.54) is 0 Å². The number of aliphatic hydroxyl groups is 1. The molecule has 6 nitrogen and oxygen atoms in total. The van der Waals surface area contributed by atoms with Crippen LogP contribution in [0, 0.1) is 0 Å². The second kappa shape index (κ2) is 4.73. The van der Waals surface area contributed by atoms with Gasteiger partial charge in [0, 0.05) is 6.54 Å². The number of benzene rings is 1. The van der Waals surface area contributed by atoms with E-state index in [4.69, 9.17) is 0 Å². The number of nitrogens with zero attached hydrogens (tertiary/aromatic N) is 5. The molecule has 1 atom stereocenters. The molecule has 6 heteroatoms. The molecule has 1 saturated heterocycles. The van der Waals surface area contributed by atoms with Crippen molar-refractivity contribution >= 4 is 5.95 Å². The van der Waals surface area contributed by atoms with Crippen LogP contribution in [0.15, 0.2) is 30.3 Å². The molecule has 2 heterocycles. The lowest BCUT2D eigenvalue weighted by Gasteiger charge is -2.23. The molecule has 1 N–H and O–H groups in total. The summed E-state index contributed by atoms with van der Waals surface area (Å²) in [5.41, 5.74) is 0.932. The van der Waals surface area contributed by atoms with E-state index in [2.05, 4.69) is 20.4 Å². The summed E-state index contributed by atoms with van der Waals surface area (Å²) in [6.45, 7) is 1.03. The first-order valence-electron chi connectivity index (χ1n) is 6.11. The average Bonchev–Trinajstić information content (AvgIpc) is 3.07.